The van der Waals surface area contributed by atoms with Gasteiger partial charge in [0.15, 0.2) is 0 Å². The van der Waals surface area contributed by atoms with E-state index in [4.69, 9.17) is 11.6 Å². The topological polar surface area (TPSA) is 15.3 Å². The minimum absolute atomic E-state index is 0.201. The van der Waals surface area contributed by atoms with E-state index in [1.807, 2.05) is 7.05 Å². The summed E-state index contributed by atoms with van der Waals surface area (Å²) in [5.74, 6) is -0.201. The maximum absolute atomic E-state index is 13.6. The number of nitrogens with zero attached hydrogens (tertiary/aromatic N) is 1. The molecular formula is C13H18ClFN2. The van der Waals surface area contributed by atoms with Gasteiger partial charge in [-0.1, -0.05) is 17.7 Å². The Kier molecular flexibility index (Phi) is 4.37. The van der Waals surface area contributed by atoms with Gasteiger partial charge in [-0.25, -0.2) is 4.39 Å². The molecule has 1 saturated heterocycles. The van der Waals surface area contributed by atoms with Gasteiger partial charge in [-0.2, -0.15) is 0 Å². The van der Waals surface area contributed by atoms with Gasteiger partial charge in [0.25, 0.3) is 0 Å². The average Bonchev–Trinajstić information content (AvgIpc) is 2.34. The molecule has 0 bridgehead atoms. The van der Waals surface area contributed by atoms with E-state index in [2.05, 4.69) is 10.2 Å². The quantitative estimate of drug-likeness (QED) is 0.895. The number of hydrogen-bond donors (Lipinski definition) is 1. The summed E-state index contributed by atoms with van der Waals surface area (Å²) >= 11 is 5.74. The second-order valence-corrected chi connectivity index (χ2v) is 5.01. The zero-order chi connectivity index (χ0) is 12.3. The third kappa shape index (κ3) is 3.41. The highest BCUT2D eigenvalue weighted by Gasteiger charge is 2.18. The van der Waals surface area contributed by atoms with Crippen LogP contribution in [0.5, 0.6) is 0 Å². The zero-order valence-electron chi connectivity index (χ0n) is 10.0. The van der Waals surface area contributed by atoms with Crippen molar-refractivity contribution in [3.63, 3.8) is 0 Å². The predicted molar refractivity (Wildman–Crippen MR) is 68.8 cm³/mol. The van der Waals surface area contributed by atoms with Crippen LogP contribution in [0.4, 0.5) is 4.39 Å². The van der Waals surface area contributed by atoms with Crippen LogP contribution >= 0.6 is 11.6 Å². The molecule has 0 saturated carbocycles. The molecule has 1 aliphatic rings. The fraction of sp³-hybridized carbons (Fsp3) is 0.538. The Labute approximate surface area is 107 Å². The van der Waals surface area contributed by atoms with Crippen LogP contribution in [0.25, 0.3) is 0 Å². The molecule has 0 unspecified atom stereocenters. The van der Waals surface area contributed by atoms with Gasteiger partial charge in [-0.15, -0.1) is 0 Å². The molecule has 0 aromatic heterocycles. The molecule has 4 heteroatoms. The van der Waals surface area contributed by atoms with Crippen LogP contribution in [0.3, 0.4) is 0 Å². The minimum atomic E-state index is -0.201. The van der Waals surface area contributed by atoms with Crippen LogP contribution in [-0.2, 0) is 6.54 Å². The number of piperidine rings is 1. The highest BCUT2D eigenvalue weighted by molar-refractivity contribution is 6.30. The zero-order valence-corrected chi connectivity index (χ0v) is 10.8. The number of halogens is 2. The first-order valence-electron chi connectivity index (χ1n) is 6.02. The second-order valence-electron chi connectivity index (χ2n) is 4.57. The van der Waals surface area contributed by atoms with Crippen molar-refractivity contribution in [2.75, 3.05) is 20.1 Å². The van der Waals surface area contributed by atoms with Crippen LogP contribution in [0.15, 0.2) is 18.2 Å². The highest BCUT2D eigenvalue weighted by Crippen LogP contribution is 2.18. The molecule has 1 fully saturated rings. The van der Waals surface area contributed by atoms with Crippen LogP contribution in [0.2, 0.25) is 5.02 Å². The fourth-order valence-electron chi connectivity index (χ4n) is 2.27. The van der Waals surface area contributed by atoms with Gasteiger partial charge in [0.1, 0.15) is 5.82 Å². The number of likely N-dealkylation sites (tertiary alicyclic amines) is 1. The molecule has 94 valence electrons. The Morgan fingerprint density at radius 1 is 1.41 bits per heavy atom. The summed E-state index contributed by atoms with van der Waals surface area (Å²) in [6.45, 7) is 2.72. The first kappa shape index (κ1) is 12.8. The summed E-state index contributed by atoms with van der Waals surface area (Å²) in [6.07, 6.45) is 2.26. The summed E-state index contributed by atoms with van der Waals surface area (Å²) in [4.78, 5) is 2.29. The Balaban J connectivity index is 1.93. The number of rotatable bonds is 3. The standard InChI is InChI=1S/C13H18ClFN2/c1-16-12-4-6-17(7-5-12)9-10-2-3-11(14)8-13(10)15/h2-3,8,12,16H,4-7,9H2,1H3. The van der Waals surface area contributed by atoms with Crippen molar-refractivity contribution >= 4 is 11.6 Å². The number of nitrogens with one attached hydrogen (secondary N) is 1. The summed E-state index contributed by atoms with van der Waals surface area (Å²) < 4.78 is 13.6. The van der Waals surface area contributed by atoms with Gasteiger partial charge >= 0.3 is 0 Å². The first-order valence-corrected chi connectivity index (χ1v) is 6.40. The van der Waals surface area contributed by atoms with Gasteiger partial charge in [-0.3, -0.25) is 4.90 Å². The molecule has 2 rings (SSSR count). The monoisotopic (exact) mass is 256 g/mol. The Morgan fingerprint density at radius 3 is 2.71 bits per heavy atom. The van der Waals surface area contributed by atoms with Crippen molar-refractivity contribution in [2.45, 2.75) is 25.4 Å². The van der Waals surface area contributed by atoms with Crippen molar-refractivity contribution < 1.29 is 4.39 Å². The van der Waals surface area contributed by atoms with E-state index in [0.29, 0.717) is 17.6 Å². The lowest BCUT2D eigenvalue weighted by atomic mass is 10.0. The largest absolute Gasteiger partial charge is 0.317 e. The van der Waals surface area contributed by atoms with Crippen LogP contribution in [-0.4, -0.2) is 31.1 Å². The molecular weight excluding hydrogens is 239 g/mol. The van der Waals surface area contributed by atoms with E-state index in [9.17, 15) is 4.39 Å². The lowest BCUT2D eigenvalue weighted by Gasteiger charge is -2.31. The first-order chi connectivity index (χ1) is 8.19. The van der Waals surface area contributed by atoms with Crippen molar-refractivity contribution in [3.05, 3.63) is 34.6 Å². The molecule has 0 atom stereocenters. The predicted octanol–water partition coefficient (Wildman–Crippen LogP) is 2.66. The van der Waals surface area contributed by atoms with Crippen LogP contribution in [0, 0.1) is 5.82 Å². The van der Waals surface area contributed by atoms with E-state index in [1.54, 1.807) is 12.1 Å². The maximum atomic E-state index is 13.6. The van der Waals surface area contributed by atoms with E-state index >= 15 is 0 Å². The van der Waals surface area contributed by atoms with Crippen molar-refractivity contribution in [2.24, 2.45) is 0 Å². The normalized spacial score (nSPS) is 18.5. The third-order valence-corrected chi connectivity index (χ3v) is 3.64. The van der Waals surface area contributed by atoms with Gasteiger partial charge in [0, 0.05) is 23.2 Å². The summed E-state index contributed by atoms with van der Waals surface area (Å²) in [5.41, 5.74) is 0.734. The maximum Gasteiger partial charge on any atom is 0.129 e. The van der Waals surface area contributed by atoms with Crippen LogP contribution in [0.1, 0.15) is 18.4 Å². The van der Waals surface area contributed by atoms with Crippen LogP contribution < -0.4 is 5.32 Å². The smallest absolute Gasteiger partial charge is 0.129 e. The molecule has 2 nitrogen and oxygen atoms in total. The molecule has 1 aromatic rings. The fourth-order valence-corrected chi connectivity index (χ4v) is 2.43. The summed E-state index contributed by atoms with van der Waals surface area (Å²) in [5, 5.41) is 3.75. The lowest BCUT2D eigenvalue weighted by Crippen LogP contribution is -2.40. The minimum Gasteiger partial charge on any atom is -0.317 e. The Bertz CT molecular complexity index is 376. The van der Waals surface area contributed by atoms with Crippen molar-refractivity contribution in [3.8, 4) is 0 Å². The Morgan fingerprint density at radius 2 is 2.12 bits per heavy atom. The second kappa shape index (κ2) is 5.80. The van der Waals surface area contributed by atoms with Gasteiger partial charge in [0.05, 0.1) is 0 Å². The highest BCUT2D eigenvalue weighted by atomic mass is 35.5. The molecule has 1 heterocycles. The van der Waals surface area contributed by atoms with Crippen molar-refractivity contribution in [1.82, 2.24) is 10.2 Å². The summed E-state index contributed by atoms with van der Waals surface area (Å²) in [6, 6.07) is 5.53. The van der Waals surface area contributed by atoms with Gasteiger partial charge < -0.3 is 5.32 Å². The molecule has 1 aliphatic heterocycles. The van der Waals surface area contributed by atoms with E-state index < -0.39 is 0 Å². The van der Waals surface area contributed by atoms with Gasteiger partial charge in [-0.05, 0) is 45.1 Å². The number of hydrogen-bond acceptors (Lipinski definition) is 2. The number of benzene rings is 1. The molecule has 0 radical (unpaired) electrons. The Hall–Kier alpha value is -0.640. The summed E-state index contributed by atoms with van der Waals surface area (Å²) in [7, 11) is 2.00. The molecule has 1 aromatic carbocycles. The molecule has 1 N–H and O–H groups in total. The van der Waals surface area contributed by atoms with E-state index in [1.165, 1.54) is 6.07 Å². The molecule has 0 aliphatic carbocycles. The lowest BCUT2D eigenvalue weighted by molar-refractivity contribution is 0.192. The van der Waals surface area contributed by atoms with E-state index in [0.717, 1.165) is 31.5 Å². The van der Waals surface area contributed by atoms with E-state index in [-0.39, 0.29) is 5.82 Å². The third-order valence-electron chi connectivity index (χ3n) is 3.40. The van der Waals surface area contributed by atoms with Gasteiger partial charge in [0.2, 0.25) is 0 Å². The molecule has 0 amide bonds. The SMILES string of the molecule is CNC1CCN(Cc2ccc(Cl)cc2F)CC1. The molecule has 0 spiro atoms. The van der Waals surface area contributed by atoms with Crippen molar-refractivity contribution in [1.29, 1.82) is 0 Å². The molecule has 17 heavy (non-hydrogen) atoms. The average molecular weight is 257 g/mol.